The lowest BCUT2D eigenvalue weighted by Crippen LogP contribution is -2.21. The van der Waals surface area contributed by atoms with Crippen molar-refractivity contribution in [2.45, 2.75) is 45.9 Å². The SMILES string of the molecule is CCCCC(CC)C(=O)c1ccccc1OC(F)(F)F. The first-order chi connectivity index (χ1) is 9.39. The van der Waals surface area contributed by atoms with Crippen LogP contribution < -0.4 is 4.74 Å². The fraction of sp³-hybridized carbons (Fsp3) is 0.533. The summed E-state index contributed by atoms with van der Waals surface area (Å²) in [5.74, 6) is -0.950. The van der Waals surface area contributed by atoms with Crippen LogP contribution in [-0.2, 0) is 0 Å². The molecule has 0 saturated heterocycles. The maximum atomic E-state index is 12.3. The summed E-state index contributed by atoms with van der Waals surface area (Å²) in [4.78, 5) is 12.3. The third-order valence-electron chi connectivity index (χ3n) is 3.15. The minimum Gasteiger partial charge on any atom is -0.405 e. The van der Waals surface area contributed by atoms with E-state index in [-0.39, 0.29) is 17.3 Å². The van der Waals surface area contributed by atoms with Crippen LogP contribution in [0.3, 0.4) is 0 Å². The van der Waals surface area contributed by atoms with Crippen molar-refractivity contribution in [1.82, 2.24) is 0 Å². The van der Waals surface area contributed by atoms with E-state index in [1.54, 1.807) is 6.07 Å². The first-order valence-electron chi connectivity index (χ1n) is 6.78. The largest absolute Gasteiger partial charge is 0.573 e. The molecule has 0 heterocycles. The molecule has 0 aliphatic heterocycles. The Hall–Kier alpha value is -1.52. The maximum absolute atomic E-state index is 12.3. The number of carbonyl (C=O) groups is 1. The number of ketones is 1. The topological polar surface area (TPSA) is 26.3 Å². The van der Waals surface area contributed by atoms with Gasteiger partial charge in [0, 0.05) is 5.92 Å². The number of rotatable bonds is 7. The number of hydrogen-bond acceptors (Lipinski definition) is 2. The molecule has 0 aliphatic rings. The van der Waals surface area contributed by atoms with E-state index < -0.39 is 12.1 Å². The first-order valence-corrected chi connectivity index (χ1v) is 6.78. The number of unbranched alkanes of at least 4 members (excludes halogenated alkanes) is 1. The Morgan fingerprint density at radius 2 is 1.90 bits per heavy atom. The van der Waals surface area contributed by atoms with Gasteiger partial charge < -0.3 is 4.74 Å². The summed E-state index contributed by atoms with van der Waals surface area (Å²) >= 11 is 0. The highest BCUT2D eigenvalue weighted by atomic mass is 19.4. The number of para-hydroxylation sites is 1. The predicted octanol–water partition coefficient (Wildman–Crippen LogP) is 4.98. The highest BCUT2D eigenvalue weighted by Crippen LogP contribution is 2.29. The molecular formula is C15H19F3O2. The molecule has 1 atom stereocenters. The molecule has 0 radical (unpaired) electrons. The molecular weight excluding hydrogens is 269 g/mol. The number of benzene rings is 1. The fourth-order valence-electron chi connectivity index (χ4n) is 2.07. The normalized spacial score (nSPS) is 13.1. The average Bonchev–Trinajstić information content (AvgIpc) is 2.38. The molecule has 0 fully saturated rings. The zero-order valence-electron chi connectivity index (χ0n) is 11.7. The lowest BCUT2D eigenvalue weighted by molar-refractivity contribution is -0.274. The highest BCUT2D eigenvalue weighted by Gasteiger charge is 2.33. The quantitative estimate of drug-likeness (QED) is 0.661. The second kappa shape index (κ2) is 7.31. The molecule has 2 nitrogen and oxygen atoms in total. The third kappa shape index (κ3) is 4.87. The van der Waals surface area contributed by atoms with Crippen molar-refractivity contribution in [3.05, 3.63) is 29.8 Å². The Kier molecular flexibility index (Phi) is 6.05. The van der Waals surface area contributed by atoms with Crippen molar-refractivity contribution in [3.63, 3.8) is 0 Å². The molecule has 5 heteroatoms. The number of Topliss-reactive ketones (excluding diaryl/α,β-unsaturated/α-hetero) is 1. The van der Waals surface area contributed by atoms with E-state index in [1.807, 2.05) is 13.8 Å². The van der Waals surface area contributed by atoms with Crippen LogP contribution in [0.2, 0.25) is 0 Å². The van der Waals surface area contributed by atoms with Crippen LogP contribution in [-0.4, -0.2) is 12.1 Å². The van der Waals surface area contributed by atoms with Gasteiger partial charge in [-0.3, -0.25) is 4.79 Å². The Labute approximate surface area is 116 Å². The molecule has 0 aliphatic carbocycles. The molecule has 0 spiro atoms. The number of hydrogen-bond donors (Lipinski definition) is 0. The predicted molar refractivity (Wildman–Crippen MR) is 70.8 cm³/mol. The molecule has 1 unspecified atom stereocenters. The van der Waals surface area contributed by atoms with Gasteiger partial charge in [0.2, 0.25) is 0 Å². The van der Waals surface area contributed by atoms with Crippen LogP contribution in [0.15, 0.2) is 24.3 Å². The Bertz CT molecular complexity index is 441. The van der Waals surface area contributed by atoms with Gasteiger partial charge in [-0.25, -0.2) is 0 Å². The van der Waals surface area contributed by atoms with E-state index in [9.17, 15) is 18.0 Å². The molecule has 0 bridgehead atoms. The van der Waals surface area contributed by atoms with E-state index in [1.165, 1.54) is 18.2 Å². The van der Waals surface area contributed by atoms with Gasteiger partial charge in [-0.15, -0.1) is 13.2 Å². The van der Waals surface area contributed by atoms with E-state index >= 15 is 0 Å². The summed E-state index contributed by atoms with van der Waals surface area (Å²) in [7, 11) is 0. The van der Waals surface area contributed by atoms with Crippen LogP contribution in [0.25, 0.3) is 0 Å². The molecule has 0 aromatic heterocycles. The fourth-order valence-corrected chi connectivity index (χ4v) is 2.07. The average molecular weight is 288 g/mol. The van der Waals surface area contributed by atoms with Gasteiger partial charge in [0.05, 0.1) is 5.56 Å². The van der Waals surface area contributed by atoms with Crippen molar-refractivity contribution in [2.24, 2.45) is 5.92 Å². The minimum absolute atomic E-state index is 0.00720. The summed E-state index contributed by atoms with van der Waals surface area (Å²) in [6, 6.07) is 5.53. The van der Waals surface area contributed by atoms with E-state index in [0.717, 1.165) is 12.8 Å². The second-order valence-corrected chi connectivity index (χ2v) is 4.66. The van der Waals surface area contributed by atoms with E-state index in [2.05, 4.69) is 4.74 Å². The smallest absolute Gasteiger partial charge is 0.405 e. The zero-order valence-corrected chi connectivity index (χ0v) is 11.7. The van der Waals surface area contributed by atoms with Crippen molar-refractivity contribution >= 4 is 5.78 Å². The van der Waals surface area contributed by atoms with Crippen LogP contribution in [0, 0.1) is 5.92 Å². The number of carbonyl (C=O) groups excluding carboxylic acids is 1. The standard InChI is InChI=1S/C15H19F3O2/c1-3-5-8-11(4-2)14(19)12-9-6-7-10-13(12)20-15(16,17)18/h6-7,9-11H,3-5,8H2,1-2H3. The first kappa shape index (κ1) is 16.5. The monoisotopic (exact) mass is 288 g/mol. The second-order valence-electron chi connectivity index (χ2n) is 4.66. The van der Waals surface area contributed by atoms with Gasteiger partial charge in [0.1, 0.15) is 5.75 Å². The van der Waals surface area contributed by atoms with Gasteiger partial charge in [-0.2, -0.15) is 0 Å². The van der Waals surface area contributed by atoms with Crippen molar-refractivity contribution in [2.75, 3.05) is 0 Å². The van der Waals surface area contributed by atoms with Gasteiger partial charge in [0.25, 0.3) is 0 Å². The Morgan fingerprint density at radius 3 is 2.45 bits per heavy atom. The molecule has 1 aromatic rings. The van der Waals surface area contributed by atoms with Crippen molar-refractivity contribution < 1.29 is 22.7 Å². The minimum atomic E-state index is -4.79. The van der Waals surface area contributed by atoms with Crippen LogP contribution >= 0.6 is 0 Å². The van der Waals surface area contributed by atoms with E-state index in [4.69, 9.17) is 0 Å². The summed E-state index contributed by atoms with van der Waals surface area (Å²) in [6.45, 7) is 3.88. The van der Waals surface area contributed by atoms with Crippen LogP contribution in [0.5, 0.6) is 5.75 Å². The molecule has 1 aromatic carbocycles. The Balaban J connectivity index is 2.96. The van der Waals surface area contributed by atoms with E-state index in [0.29, 0.717) is 12.8 Å². The van der Waals surface area contributed by atoms with Gasteiger partial charge in [-0.05, 0) is 25.0 Å². The van der Waals surface area contributed by atoms with Gasteiger partial charge in [0.15, 0.2) is 5.78 Å². The maximum Gasteiger partial charge on any atom is 0.573 e. The number of halogens is 3. The Morgan fingerprint density at radius 1 is 1.25 bits per heavy atom. The van der Waals surface area contributed by atoms with Crippen molar-refractivity contribution in [3.8, 4) is 5.75 Å². The lowest BCUT2D eigenvalue weighted by atomic mass is 9.90. The molecule has 0 saturated carbocycles. The molecule has 112 valence electrons. The summed E-state index contributed by atoms with van der Waals surface area (Å²) < 4.78 is 40.9. The molecule has 0 N–H and O–H groups in total. The summed E-state index contributed by atoms with van der Waals surface area (Å²) in [5.41, 5.74) is 0.00720. The van der Waals surface area contributed by atoms with Crippen molar-refractivity contribution in [1.29, 1.82) is 0 Å². The zero-order chi connectivity index (χ0) is 15.2. The highest BCUT2D eigenvalue weighted by molar-refractivity contribution is 6.00. The number of ether oxygens (including phenoxy) is 1. The van der Waals surface area contributed by atoms with Crippen LogP contribution in [0.1, 0.15) is 49.9 Å². The summed E-state index contributed by atoms with van der Waals surface area (Å²) in [5, 5.41) is 0. The van der Waals surface area contributed by atoms with Crippen LogP contribution in [0.4, 0.5) is 13.2 Å². The molecule has 0 amide bonds. The molecule has 20 heavy (non-hydrogen) atoms. The van der Waals surface area contributed by atoms with Gasteiger partial charge in [-0.1, -0.05) is 38.8 Å². The third-order valence-corrected chi connectivity index (χ3v) is 3.15. The molecule has 1 rings (SSSR count). The number of alkyl halides is 3. The lowest BCUT2D eigenvalue weighted by Gasteiger charge is -2.17. The van der Waals surface area contributed by atoms with Gasteiger partial charge >= 0.3 is 6.36 Å². The summed E-state index contributed by atoms with van der Waals surface area (Å²) in [6.07, 6.45) is -1.66.